The number of benzene rings is 1. The van der Waals surface area contributed by atoms with Crippen LogP contribution in [0.15, 0.2) is 24.3 Å². The van der Waals surface area contributed by atoms with Crippen molar-refractivity contribution in [1.82, 2.24) is 5.32 Å². The zero-order valence-electron chi connectivity index (χ0n) is 9.44. The van der Waals surface area contributed by atoms with E-state index in [0.29, 0.717) is 13.0 Å². The van der Waals surface area contributed by atoms with Gasteiger partial charge in [0.25, 0.3) is 0 Å². The van der Waals surface area contributed by atoms with Crippen molar-refractivity contribution in [3.05, 3.63) is 29.8 Å². The SMILES string of the molecule is CC(N)CC(=O)NCCc1ccc(O)cc1. The first-order valence-corrected chi connectivity index (χ1v) is 5.38. The number of aromatic hydroxyl groups is 1. The van der Waals surface area contributed by atoms with Crippen molar-refractivity contribution in [2.24, 2.45) is 5.73 Å². The summed E-state index contributed by atoms with van der Waals surface area (Å²) >= 11 is 0. The zero-order valence-corrected chi connectivity index (χ0v) is 9.44. The first kappa shape index (κ1) is 12.5. The van der Waals surface area contributed by atoms with Gasteiger partial charge in [0, 0.05) is 19.0 Å². The van der Waals surface area contributed by atoms with Crippen LogP contribution < -0.4 is 11.1 Å². The molecule has 4 nitrogen and oxygen atoms in total. The Labute approximate surface area is 95.5 Å². The van der Waals surface area contributed by atoms with Crippen LogP contribution in [0.2, 0.25) is 0 Å². The average molecular weight is 222 g/mol. The largest absolute Gasteiger partial charge is 0.508 e. The van der Waals surface area contributed by atoms with Gasteiger partial charge in [-0.15, -0.1) is 0 Å². The van der Waals surface area contributed by atoms with Crippen molar-refractivity contribution in [1.29, 1.82) is 0 Å². The lowest BCUT2D eigenvalue weighted by atomic mass is 10.1. The zero-order chi connectivity index (χ0) is 12.0. The maximum absolute atomic E-state index is 11.3. The van der Waals surface area contributed by atoms with Crippen molar-refractivity contribution in [2.75, 3.05) is 6.54 Å². The molecule has 88 valence electrons. The lowest BCUT2D eigenvalue weighted by Crippen LogP contribution is -2.31. The summed E-state index contributed by atoms with van der Waals surface area (Å²) in [5.41, 5.74) is 6.59. The molecule has 16 heavy (non-hydrogen) atoms. The molecule has 4 N–H and O–H groups in total. The first-order valence-electron chi connectivity index (χ1n) is 5.38. The molecule has 0 bridgehead atoms. The van der Waals surface area contributed by atoms with Gasteiger partial charge in [-0.3, -0.25) is 4.79 Å². The Bertz CT molecular complexity index is 333. The van der Waals surface area contributed by atoms with Crippen LogP contribution in [-0.4, -0.2) is 23.6 Å². The maximum Gasteiger partial charge on any atom is 0.221 e. The van der Waals surface area contributed by atoms with Crippen LogP contribution in [0.4, 0.5) is 0 Å². The van der Waals surface area contributed by atoms with Crippen molar-refractivity contribution in [3.63, 3.8) is 0 Å². The Kier molecular flexibility index (Phi) is 4.79. The molecule has 1 unspecified atom stereocenters. The van der Waals surface area contributed by atoms with Crippen molar-refractivity contribution in [3.8, 4) is 5.75 Å². The van der Waals surface area contributed by atoms with Crippen molar-refractivity contribution >= 4 is 5.91 Å². The molecule has 0 heterocycles. The third-order valence-electron chi connectivity index (χ3n) is 2.18. The monoisotopic (exact) mass is 222 g/mol. The summed E-state index contributed by atoms with van der Waals surface area (Å²) in [5, 5.41) is 11.9. The predicted octanol–water partition coefficient (Wildman–Crippen LogP) is 0.788. The lowest BCUT2D eigenvalue weighted by molar-refractivity contribution is -0.121. The van der Waals surface area contributed by atoms with E-state index in [1.54, 1.807) is 19.1 Å². The molecule has 1 rings (SSSR count). The van der Waals surface area contributed by atoms with Gasteiger partial charge in [-0.1, -0.05) is 12.1 Å². The van der Waals surface area contributed by atoms with Crippen molar-refractivity contribution < 1.29 is 9.90 Å². The number of hydrogen-bond donors (Lipinski definition) is 3. The van der Waals surface area contributed by atoms with E-state index in [1.165, 1.54) is 0 Å². The Morgan fingerprint density at radius 2 is 2.06 bits per heavy atom. The number of nitrogens with one attached hydrogen (secondary N) is 1. The molecular weight excluding hydrogens is 204 g/mol. The fraction of sp³-hybridized carbons (Fsp3) is 0.417. The molecule has 4 heteroatoms. The van der Waals surface area contributed by atoms with E-state index in [1.807, 2.05) is 12.1 Å². The normalized spacial score (nSPS) is 12.1. The topological polar surface area (TPSA) is 75.4 Å². The minimum absolute atomic E-state index is 0.0196. The van der Waals surface area contributed by atoms with Gasteiger partial charge in [-0.05, 0) is 31.0 Å². The Hall–Kier alpha value is -1.55. The molecule has 0 radical (unpaired) electrons. The van der Waals surface area contributed by atoms with Gasteiger partial charge in [-0.25, -0.2) is 0 Å². The maximum atomic E-state index is 11.3. The van der Waals surface area contributed by atoms with Crippen LogP contribution >= 0.6 is 0 Å². The molecule has 0 aromatic heterocycles. The number of nitrogens with two attached hydrogens (primary N) is 1. The van der Waals surface area contributed by atoms with Crippen molar-refractivity contribution in [2.45, 2.75) is 25.8 Å². The van der Waals surface area contributed by atoms with E-state index in [2.05, 4.69) is 5.32 Å². The molecule has 0 aliphatic rings. The van der Waals surface area contributed by atoms with Gasteiger partial charge in [0.15, 0.2) is 0 Å². The van der Waals surface area contributed by atoms with Gasteiger partial charge in [0.05, 0.1) is 0 Å². The molecule has 1 atom stereocenters. The highest BCUT2D eigenvalue weighted by molar-refractivity contribution is 5.76. The summed E-state index contributed by atoms with van der Waals surface area (Å²) < 4.78 is 0. The highest BCUT2D eigenvalue weighted by atomic mass is 16.3. The molecule has 0 saturated carbocycles. The van der Waals surface area contributed by atoms with E-state index in [4.69, 9.17) is 10.8 Å². The van der Waals surface area contributed by atoms with E-state index in [-0.39, 0.29) is 17.7 Å². The minimum Gasteiger partial charge on any atom is -0.508 e. The Morgan fingerprint density at radius 1 is 1.44 bits per heavy atom. The Balaban J connectivity index is 2.25. The molecule has 1 aromatic carbocycles. The molecule has 0 aliphatic carbocycles. The summed E-state index contributed by atoms with van der Waals surface area (Å²) in [6.07, 6.45) is 1.11. The standard InChI is InChI=1S/C12H18N2O2/c1-9(13)8-12(16)14-7-6-10-2-4-11(15)5-3-10/h2-5,9,15H,6-8,13H2,1H3,(H,14,16). The number of carbonyl (C=O) groups is 1. The van der Waals surface area contributed by atoms with Crippen LogP contribution in [0.5, 0.6) is 5.75 Å². The molecule has 0 spiro atoms. The second-order valence-corrected chi connectivity index (χ2v) is 3.95. The highest BCUT2D eigenvalue weighted by Crippen LogP contribution is 2.09. The summed E-state index contributed by atoms with van der Waals surface area (Å²) in [6.45, 7) is 2.40. The summed E-state index contributed by atoms with van der Waals surface area (Å²) in [4.78, 5) is 11.3. The van der Waals surface area contributed by atoms with E-state index < -0.39 is 0 Å². The van der Waals surface area contributed by atoms with E-state index >= 15 is 0 Å². The van der Waals surface area contributed by atoms with Crippen LogP contribution in [0.1, 0.15) is 18.9 Å². The molecule has 0 saturated heterocycles. The minimum atomic E-state index is -0.103. The van der Waals surface area contributed by atoms with Gasteiger partial charge < -0.3 is 16.2 Å². The highest BCUT2D eigenvalue weighted by Gasteiger charge is 2.03. The molecule has 0 fully saturated rings. The fourth-order valence-electron chi connectivity index (χ4n) is 1.37. The van der Waals surface area contributed by atoms with Gasteiger partial charge in [0.2, 0.25) is 5.91 Å². The number of phenols is 1. The second-order valence-electron chi connectivity index (χ2n) is 3.95. The fourth-order valence-corrected chi connectivity index (χ4v) is 1.37. The third kappa shape index (κ3) is 4.79. The van der Waals surface area contributed by atoms with E-state index in [9.17, 15) is 4.79 Å². The quantitative estimate of drug-likeness (QED) is 0.689. The third-order valence-corrected chi connectivity index (χ3v) is 2.18. The molecular formula is C12H18N2O2. The van der Waals surface area contributed by atoms with E-state index in [0.717, 1.165) is 12.0 Å². The number of hydrogen-bond acceptors (Lipinski definition) is 3. The molecule has 1 aromatic rings. The van der Waals surface area contributed by atoms with Crippen LogP contribution in [0, 0.1) is 0 Å². The number of carbonyl (C=O) groups excluding carboxylic acids is 1. The number of phenolic OH excluding ortho intramolecular Hbond substituents is 1. The average Bonchev–Trinajstić information content (AvgIpc) is 2.20. The number of rotatable bonds is 5. The lowest BCUT2D eigenvalue weighted by Gasteiger charge is -2.07. The molecule has 1 amide bonds. The molecule has 0 aliphatic heterocycles. The Morgan fingerprint density at radius 3 is 2.62 bits per heavy atom. The smallest absolute Gasteiger partial charge is 0.221 e. The van der Waals surface area contributed by atoms with Crippen LogP contribution in [0.3, 0.4) is 0 Å². The first-order chi connectivity index (χ1) is 7.58. The predicted molar refractivity (Wildman–Crippen MR) is 63.1 cm³/mol. The van der Waals surface area contributed by atoms with Gasteiger partial charge >= 0.3 is 0 Å². The van der Waals surface area contributed by atoms with Crippen LogP contribution in [-0.2, 0) is 11.2 Å². The summed E-state index contributed by atoms with van der Waals surface area (Å²) in [6, 6.07) is 6.85. The van der Waals surface area contributed by atoms with Gasteiger partial charge in [0.1, 0.15) is 5.75 Å². The van der Waals surface area contributed by atoms with Crippen LogP contribution in [0.25, 0.3) is 0 Å². The summed E-state index contributed by atoms with van der Waals surface area (Å²) in [7, 11) is 0. The number of amides is 1. The summed E-state index contributed by atoms with van der Waals surface area (Å²) in [5.74, 6) is 0.235. The van der Waals surface area contributed by atoms with Gasteiger partial charge in [-0.2, -0.15) is 0 Å². The second kappa shape index (κ2) is 6.12.